The SMILES string of the molecule is Nc1ncc2c(n1)N=CCN2. The first-order valence-electron chi connectivity index (χ1n) is 3.25. The highest BCUT2D eigenvalue weighted by Gasteiger charge is 2.05. The van der Waals surface area contributed by atoms with Crippen molar-refractivity contribution in [2.75, 3.05) is 17.6 Å². The second-order valence-corrected chi connectivity index (χ2v) is 2.16. The molecule has 0 aromatic carbocycles. The smallest absolute Gasteiger partial charge is 0.222 e. The van der Waals surface area contributed by atoms with Gasteiger partial charge in [-0.2, -0.15) is 4.98 Å². The maximum atomic E-state index is 5.36. The quantitative estimate of drug-likeness (QED) is 0.552. The molecule has 5 heteroatoms. The second kappa shape index (κ2) is 2.19. The lowest BCUT2D eigenvalue weighted by Crippen LogP contribution is -2.08. The molecule has 0 aliphatic carbocycles. The van der Waals surface area contributed by atoms with Gasteiger partial charge in [0.15, 0.2) is 5.82 Å². The van der Waals surface area contributed by atoms with E-state index in [1.165, 1.54) is 0 Å². The molecule has 0 unspecified atom stereocenters. The number of nitrogens with one attached hydrogen (secondary N) is 1. The molecule has 1 aliphatic heterocycles. The lowest BCUT2D eigenvalue weighted by atomic mass is 10.4. The molecule has 3 N–H and O–H groups in total. The van der Waals surface area contributed by atoms with E-state index in [1.54, 1.807) is 12.4 Å². The minimum Gasteiger partial charge on any atom is -0.376 e. The Morgan fingerprint density at radius 1 is 1.55 bits per heavy atom. The summed E-state index contributed by atoms with van der Waals surface area (Å²) in [7, 11) is 0. The van der Waals surface area contributed by atoms with Crippen molar-refractivity contribution in [3.05, 3.63) is 6.20 Å². The first-order chi connectivity index (χ1) is 5.36. The molecule has 1 aromatic rings. The molecule has 5 nitrogen and oxygen atoms in total. The summed E-state index contributed by atoms with van der Waals surface area (Å²) in [6.07, 6.45) is 3.38. The van der Waals surface area contributed by atoms with E-state index in [0.717, 1.165) is 12.2 Å². The van der Waals surface area contributed by atoms with Gasteiger partial charge in [-0.15, -0.1) is 0 Å². The fourth-order valence-corrected chi connectivity index (χ4v) is 0.897. The van der Waals surface area contributed by atoms with Gasteiger partial charge < -0.3 is 11.1 Å². The normalized spacial score (nSPS) is 13.8. The van der Waals surface area contributed by atoms with Crippen LogP contribution in [0.5, 0.6) is 0 Å². The Morgan fingerprint density at radius 2 is 2.45 bits per heavy atom. The van der Waals surface area contributed by atoms with Gasteiger partial charge in [0.1, 0.15) is 0 Å². The minimum atomic E-state index is 0.254. The van der Waals surface area contributed by atoms with E-state index in [-0.39, 0.29) is 5.95 Å². The fraction of sp³-hybridized carbons (Fsp3) is 0.167. The molecule has 1 aliphatic rings. The van der Waals surface area contributed by atoms with Crippen LogP contribution in [0.15, 0.2) is 11.2 Å². The summed E-state index contributed by atoms with van der Waals surface area (Å²) < 4.78 is 0. The van der Waals surface area contributed by atoms with Crippen molar-refractivity contribution >= 4 is 23.7 Å². The fourth-order valence-electron chi connectivity index (χ4n) is 0.897. The molecule has 0 radical (unpaired) electrons. The number of aromatic nitrogens is 2. The van der Waals surface area contributed by atoms with Gasteiger partial charge in [0, 0.05) is 6.21 Å². The lowest BCUT2D eigenvalue weighted by Gasteiger charge is -2.09. The number of hydrogen-bond acceptors (Lipinski definition) is 5. The van der Waals surface area contributed by atoms with Crippen LogP contribution in [-0.4, -0.2) is 22.7 Å². The monoisotopic (exact) mass is 149 g/mol. The predicted molar refractivity (Wildman–Crippen MR) is 43.1 cm³/mol. The molecule has 0 saturated carbocycles. The minimum absolute atomic E-state index is 0.254. The predicted octanol–water partition coefficient (Wildman–Crippen LogP) is 0.187. The van der Waals surface area contributed by atoms with E-state index in [0.29, 0.717) is 5.82 Å². The average Bonchev–Trinajstić information content (AvgIpc) is 2.04. The Hall–Kier alpha value is -1.65. The second-order valence-electron chi connectivity index (χ2n) is 2.16. The zero-order valence-electron chi connectivity index (χ0n) is 5.78. The van der Waals surface area contributed by atoms with Gasteiger partial charge in [-0.05, 0) is 0 Å². The number of aliphatic imine (C=N–C) groups is 1. The number of fused-ring (bicyclic) bond motifs is 1. The largest absolute Gasteiger partial charge is 0.376 e. The summed E-state index contributed by atoms with van der Waals surface area (Å²) >= 11 is 0. The van der Waals surface area contributed by atoms with Gasteiger partial charge in [0.05, 0.1) is 18.4 Å². The molecule has 11 heavy (non-hydrogen) atoms. The van der Waals surface area contributed by atoms with Crippen molar-refractivity contribution in [1.82, 2.24) is 9.97 Å². The topological polar surface area (TPSA) is 76.2 Å². The van der Waals surface area contributed by atoms with E-state index in [2.05, 4.69) is 20.3 Å². The van der Waals surface area contributed by atoms with Crippen LogP contribution >= 0.6 is 0 Å². The van der Waals surface area contributed by atoms with Gasteiger partial charge in [-0.25, -0.2) is 9.98 Å². The van der Waals surface area contributed by atoms with Crippen LogP contribution in [-0.2, 0) is 0 Å². The molecule has 2 heterocycles. The van der Waals surface area contributed by atoms with Gasteiger partial charge in [-0.3, -0.25) is 0 Å². The Labute approximate surface area is 63.4 Å². The molecule has 0 atom stereocenters. The highest BCUT2D eigenvalue weighted by molar-refractivity contribution is 5.77. The maximum Gasteiger partial charge on any atom is 0.222 e. The van der Waals surface area contributed by atoms with Crippen molar-refractivity contribution in [3.8, 4) is 0 Å². The van der Waals surface area contributed by atoms with Crippen molar-refractivity contribution in [3.63, 3.8) is 0 Å². The van der Waals surface area contributed by atoms with Crippen LogP contribution in [0.25, 0.3) is 0 Å². The number of anilines is 2. The van der Waals surface area contributed by atoms with Crippen molar-refractivity contribution in [1.29, 1.82) is 0 Å². The third-order valence-corrected chi connectivity index (χ3v) is 1.38. The summed E-state index contributed by atoms with van der Waals surface area (Å²) in [5.41, 5.74) is 6.19. The van der Waals surface area contributed by atoms with Crippen LogP contribution < -0.4 is 11.1 Å². The molecule has 0 amide bonds. The number of nitrogen functional groups attached to an aromatic ring is 1. The Kier molecular flexibility index (Phi) is 1.21. The first-order valence-corrected chi connectivity index (χ1v) is 3.25. The van der Waals surface area contributed by atoms with E-state index in [1.807, 2.05) is 0 Å². The summed E-state index contributed by atoms with van der Waals surface area (Å²) in [4.78, 5) is 11.8. The summed E-state index contributed by atoms with van der Waals surface area (Å²) in [5.74, 6) is 0.869. The zero-order chi connectivity index (χ0) is 7.68. The van der Waals surface area contributed by atoms with Crippen LogP contribution in [0.4, 0.5) is 17.5 Å². The Balaban J connectivity index is 2.54. The van der Waals surface area contributed by atoms with Crippen molar-refractivity contribution in [2.24, 2.45) is 4.99 Å². The molecule has 0 fully saturated rings. The number of rotatable bonds is 0. The molecule has 0 saturated heterocycles. The van der Waals surface area contributed by atoms with E-state index >= 15 is 0 Å². The molecular formula is C6H7N5. The summed E-state index contributed by atoms with van der Waals surface area (Å²) in [6.45, 7) is 0.722. The average molecular weight is 149 g/mol. The first kappa shape index (κ1) is 6.09. The molecule has 1 aromatic heterocycles. The number of hydrogen-bond donors (Lipinski definition) is 2. The molecule has 0 bridgehead atoms. The van der Waals surface area contributed by atoms with Crippen LogP contribution in [0, 0.1) is 0 Å². The van der Waals surface area contributed by atoms with Crippen LogP contribution in [0.3, 0.4) is 0 Å². The molecule has 2 rings (SSSR count). The van der Waals surface area contributed by atoms with Crippen molar-refractivity contribution in [2.45, 2.75) is 0 Å². The highest BCUT2D eigenvalue weighted by Crippen LogP contribution is 2.22. The lowest BCUT2D eigenvalue weighted by molar-refractivity contribution is 1.14. The Morgan fingerprint density at radius 3 is 3.36 bits per heavy atom. The van der Waals surface area contributed by atoms with Gasteiger partial charge in [0.25, 0.3) is 0 Å². The van der Waals surface area contributed by atoms with E-state index in [4.69, 9.17) is 5.73 Å². The Bertz CT molecular complexity index is 306. The standard InChI is InChI=1S/C6H7N5/c7-6-10-3-4-5(11-6)9-2-1-8-4/h2-3,8H,1H2,(H2,7,10,11). The zero-order valence-corrected chi connectivity index (χ0v) is 5.78. The number of nitrogens with two attached hydrogens (primary N) is 1. The van der Waals surface area contributed by atoms with Crippen molar-refractivity contribution < 1.29 is 0 Å². The third-order valence-electron chi connectivity index (χ3n) is 1.38. The molecule has 56 valence electrons. The molecule has 0 spiro atoms. The van der Waals surface area contributed by atoms with E-state index < -0.39 is 0 Å². The molecular weight excluding hydrogens is 142 g/mol. The van der Waals surface area contributed by atoms with Crippen LogP contribution in [0.2, 0.25) is 0 Å². The summed E-state index contributed by atoms with van der Waals surface area (Å²) in [6, 6.07) is 0. The highest BCUT2D eigenvalue weighted by atomic mass is 15.1. The number of nitrogens with zero attached hydrogens (tertiary/aromatic N) is 3. The summed E-state index contributed by atoms with van der Waals surface area (Å²) in [5, 5.41) is 3.06. The maximum absolute atomic E-state index is 5.36. The van der Waals surface area contributed by atoms with Gasteiger partial charge in [0.2, 0.25) is 5.95 Å². The van der Waals surface area contributed by atoms with Crippen LogP contribution in [0.1, 0.15) is 0 Å². The third kappa shape index (κ3) is 1.000. The van der Waals surface area contributed by atoms with E-state index in [9.17, 15) is 0 Å². The van der Waals surface area contributed by atoms with Gasteiger partial charge in [-0.1, -0.05) is 0 Å². The van der Waals surface area contributed by atoms with Gasteiger partial charge >= 0.3 is 0 Å².